The van der Waals surface area contributed by atoms with Crippen LogP contribution in [-0.4, -0.2) is 64.7 Å². The van der Waals surface area contributed by atoms with Gasteiger partial charge in [0, 0.05) is 41.4 Å². The van der Waals surface area contributed by atoms with E-state index in [0.717, 1.165) is 5.56 Å². The number of morpholine rings is 1. The molecule has 0 bridgehead atoms. The maximum absolute atomic E-state index is 13.0. The van der Waals surface area contributed by atoms with Crippen molar-refractivity contribution in [2.45, 2.75) is 6.23 Å². The second-order valence-corrected chi connectivity index (χ2v) is 8.16. The normalized spacial score (nSPS) is 17.9. The summed E-state index contributed by atoms with van der Waals surface area (Å²) in [5.74, 6) is 0.227. The van der Waals surface area contributed by atoms with E-state index in [1.54, 1.807) is 27.8 Å². The van der Waals surface area contributed by atoms with Gasteiger partial charge in [-0.15, -0.1) is 5.10 Å². The molecule has 0 spiro atoms. The largest absolute Gasteiger partial charge is 0.378 e. The zero-order valence-electron chi connectivity index (χ0n) is 17.2. The first kappa shape index (κ1) is 21.1. The number of fused-ring (bicyclic) bond motifs is 3. The average molecular weight is 472 g/mol. The van der Waals surface area contributed by atoms with Crippen LogP contribution in [-0.2, 0) is 9.47 Å². The minimum Gasteiger partial charge on any atom is -0.378 e. The monoisotopic (exact) mass is 471 g/mol. The highest BCUT2D eigenvalue weighted by atomic mass is 35.5. The molecule has 3 heterocycles. The van der Waals surface area contributed by atoms with Crippen LogP contribution in [0.1, 0.15) is 33.8 Å². The van der Waals surface area contributed by atoms with E-state index in [-0.39, 0.29) is 11.7 Å². The van der Waals surface area contributed by atoms with Crippen molar-refractivity contribution in [3.63, 3.8) is 0 Å². The summed E-state index contributed by atoms with van der Waals surface area (Å²) in [6, 6.07) is 12.8. The molecule has 1 atom stereocenters. The van der Waals surface area contributed by atoms with E-state index in [0.29, 0.717) is 59.1 Å². The lowest BCUT2D eigenvalue weighted by Crippen LogP contribution is -2.41. The molecule has 3 aromatic rings. The molecule has 0 saturated carbocycles. The Morgan fingerprint density at radius 2 is 1.91 bits per heavy atom. The maximum Gasteiger partial charge on any atom is 0.293 e. The fraction of sp³-hybridized carbons (Fsp3) is 0.273. The third kappa shape index (κ3) is 3.69. The summed E-state index contributed by atoms with van der Waals surface area (Å²) in [5, 5.41) is 5.63. The third-order valence-electron chi connectivity index (χ3n) is 5.38. The summed E-state index contributed by atoms with van der Waals surface area (Å²) >= 11 is 12.8. The zero-order chi connectivity index (χ0) is 22.2. The predicted octanol–water partition coefficient (Wildman–Crippen LogP) is 3.54. The van der Waals surface area contributed by atoms with Gasteiger partial charge in [-0.3, -0.25) is 4.79 Å². The Kier molecular flexibility index (Phi) is 5.69. The Hall–Kier alpha value is -2.78. The van der Waals surface area contributed by atoms with Crippen molar-refractivity contribution in [2.75, 3.05) is 33.4 Å². The molecule has 2 aromatic carbocycles. The number of methoxy groups -OCH3 is 1. The van der Waals surface area contributed by atoms with Crippen LogP contribution in [0.2, 0.25) is 10.0 Å². The van der Waals surface area contributed by atoms with Crippen LogP contribution in [0.4, 0.5) is 0 Å². The minimum atomic E-state index is -0.800. The Morgan fingerprint density at radius 1 is 1.12 bits per heavy atom. The van der Waals surface area contributed by atoms with Crippen molar-refractivity contribution in [3.05, 3.63) is 75.3 Å². The van der Waals surface area contributed by atoms with Gasteiger partial charge in [-0.2, -0.15) is 0 Å². The summed E-state index contributed by atoms with van der Waals surface area (Å²) in [7, 11) is 1.53. The molecule has 0 radical (unpaired) electrons. The average Bonchev–Trinajstić information content (AvgIpc) is 3.21. The van der Waals surface area contributed by atoms with Crippen LogP contribution in [0.5, 0.6) is 0 Å². The van der Waals surface area contributed by atoms with Crippen LogP contribution in [0, 0.1) is 0 Å². The molecule has 10 heteroatoms. The van der Waals surface area contributed by atoms with Gasteiger partial charge in [0.1, 0.15) is 0 Å². The molecule has 2 aliphatic heterocycles. The van der Waals surface area contributed by atoms with E-state index >= 15 is 0 Å². The van der Waals surface area contributed by atoms with E-state index in [1.165, 1.54) is 7.11 Å². The Labute approximate surface area is 194 Å². The number of halogens is 2. The molecule has 1 fully saturated rings. The van der Waals surface area contributed by atoms with Gasteiger partial charge in [0.2, 0.25) is 12.1 Å². The molecule has 32 heavy (non-hydrogen) atoms. The van der Waals surface area contributed by atoms with Gasteiger partial charge in [0.25, 0.3) is 5.91 Å². The lowest BCUT2D eigenvalue weighted by Gasteiger charge is -2.25. The first-order valence-corrected chi connectivity index (χ1v) is 10.8. The fourth-order valence-corrected chi connectivity index (χ4v) is 4.21. The molecule has 2 aliphatic rings. The third-order valence-corrected chi connectivity index (χ3v) is 5.95. The Balaban J connectivity index is 1.67. The number of amides is 1. The van der Waals surface area contributed by atoms with Crippen molar-refractivity contribution in [1.29, 1.82) is 0 Å². The van der Waals surface area contributed by atoms with Gasteiger partial charge >= 0.3 is 0 Å². The number of nitrogens with zero attached hydrogens (tertiary/aromatic N) is 5. The first-order valence-electron chi connectivity index (χ1n) is 10.1. The van der Waals surface area contributed by atoms with Crippen molar-refractivity contribution < 1.29 is 14.3 Å². The SMILES string of the molecule is COC1N=C(c2ccccc2Cl)c2cc(Cl)ccc2-n2nc(C(=O)N3CCOCC3)nc21. The number of ether oxygens (including phenoxy) is 2. The molecule has 1 aromatic heterocycles. The highest BCUT2D eigenvalue weighted by molar-refractivity contribution is 6.36. The number of carbonyl (C=O) groups is 1. The van der Waals surface area contributed by atoms with Crippen molar-refractivity contribution in [2.24, 2.45) is 4.99 Å². The standard InChI is InChI=1S/C22H19Cl2N5O3/c1-31-21-20-26-19(22(30)28-8-10-32-11-9-28)27-29(20)17-7-6-13(23)12-15(17)18(25-21)14-4-2-3-5-16(14)24/h2-7,12,21H,8-11H2,1H3. The summed E-state index contributed by atoms with van der Waals surface area (Å²) in [4.78, 5) is 24.0. The van der Waals surface area contributed by atoms with Crippen molar-refractivity contribution in [1.82, 2.24) is 19.7 Å². The molecule has 1 unspecified atom stereocenters. The van der Waals surface area contributed by atoms with Gasteiger partial charge in [-0.25, -0.2) is 14.7 Å². The molecule has 0 N–H and O–H groups in total. The van der Waals surface area contributed by atoms with Crippen LogP contribution < -0.4 is 0 Å². The predicted molar refractivity (Wildman–Crippen MR) is 120 cm³/mol. The maximum atomic E-state index is 13.0. The van der Waals surface area contributed by atoms with Gasteiger partial charge in [-0.1, -0.05) is 41.4 Å². The number of aromatic nitrogens is 3. The van der Waals surface area contributed by atoms with Crippen molar-refractivity contribution >= 4 is 34.8 Å². The van der Waals surface area contributed by atoms with E-state index in [9.17, 15) is 4.79 Å². The summed E-state index contributed by atoms with van der Waals surface area (Å²) in [5.41, 5.74) is 2.72. The van der Waals surface area contributed by atoms with Crippen LogP contribution in [0.3, 0.4) is 0 Å². The number of carbonyl (C=O) groups excluding carboxylic acids is 1. The smallest absolute Gasteiger partial charge is 0.293 e. The minimum absolute atomic E-state index is 0.0845. The molecule has 1 saturated heterocycles. The summed E-state index contributed by atoms with van der Waals surface area (Å²) < 4.78 is 12.6. The fourth-order valence-electron chi connectivity index (χ4n) is 3.81. The number of rotatable bonds is 3. The second kappa shape index (κ2) is 8.63. The lowest BCUT2D eigenvalue weighted by atomic mass is 10.0. The highest BCUT2D eigenvalue weighted by Gasteiger charge is 2.32. The number of benzene rings is 2. The van der Waals surface area contributed by atoms with Gasteiger partial charge in [-0.05, 0) is 24.3 Å². The zero-order valence-corrected chi connectivity index (χ0v) is 18.7. The van der Waals surface area contributed by atoms with Gasteiger partial charge in [0.05, 0.1) is 24.6 Å². The van der Waals surface area contributed by atoms with E-state index in [2.05, 4.69) is 10.1 Å². The summed E-state index contributed by atoms with van der Waals surface area (Å²) in [6.07, 6.45) is -0.800. The topological polar surface area (TPSA) is 81.8 Å². The molecule has 1 amide bonds. The Morgan fingerprint density at radius 3 is 2.66 bits per heavy atom. The molecule has 8 nitrogen and oxygen atoms in total. The van der Waals surface area contributed by atoms with Gasteiger partial charge < -0.3 is 14.4 Å². The second-order valence-electron chi connectivity index (χ2n) is 7.32. The van der Waals surface area contributed by atoms with Crippen LogP contribution in [0.25, 0.3) is 5.69 Å². The van der Waals surface area contributed by atoms with Crippen molar-refractivity contribution in [3.8, 4) is 5.69 Å². The molecular formula is C22H19Cl2N5O3. The number of hydrogen-bond donors (Lipinski definition) is 0. The Bertz CT molecular complexity index is 1220. The number of hydrogen-bond acceptors (Lipinski definition) is 6. The van der Waals surface area contributed by atoms with Crippen LogP contribution in [0.15, 0.2) is 47.5 Å². The first-order chi connectivity index (χ1) is 15.6. The number of aliphatic imine (C=N–C) groups is 1. The molecule has 0 aliphatic carbocycles. The highest BCUT2D eigenvalue weighted by Crippen LogP contribution is 2.33. The van der Waals surface area contributed by atoms with Crippen LogP contribution >= 0.6 is 23.2 Å². The van der Waals surface area contributed by atoms with Gasteiger partial charge in [0.15, 0.2) is 5.82 Å². The van der Waals surface area contributed by atoms with E-state index < -0.39 is 6.23 Å². The molecular weight excluding hydrogens is 453 g/mol. The lowest BCUT2D eigenvalue weighted by molar-refractivity contribution is 0.0294. The van der Waals surface area contributed by atoms with E-state index in [1.807, 2.05) is 24.3 Å². The summed E-state index contributed by atoms with van der Waals surface area (Å²) in [6.45, 7) is 1.98. The van der Waals surface area contributed by atoms with E-state index in [4.69, 9.17) is 37.7 Å². The quantitative estimate of drug-likeness (QED) is 0.583. The molecule has 164 valence electrons. The molecule has 5 rings (SSSR count).